The van der Waals surface area contributed by atoms with Crippen molar-refractivity contribution < 1.29 is 26.2 Å². The van der Waals surface area contributed by atoms with Crippen LogP contribution in [0.15, 0.2) is 85.0 Å². The summed E-state index contributed by atoms with van der Waals surface area (Å²) < 4.78 is 0. The second-order valence-corrected chi connectivity index (χ2v) is 7.27. The van der Waals surface area contributed by atoms with Crippen LogP contribution in [0.25, 0.3) is 0 Å². The van der Waals surface area contributed by atoms with Gasteiger partial charge in [-0.1, -0.05) is 61.2 Å². The first kappa shape index (κ1) is 20.1. The Kier molecular flexibility index (Phi) is 7.08. The summed E-state index contributed by atoms with van der Waals surface area (Å²) in [5.41, 5.74) is 5.99. The van der Waals surface area contributed by atoms with Crippen LogP contribution in [0.3, 0.4) is 0 Å². The number of hydrogen-bond acceptors (Lipinski definition) is 1. The van der Waals surface area contributed by atoms with Gasteiger partial charge in [0.05, 0.1) is 0 Å². The van der Waals surface area contributed by atoms with Gasteiger partial charge in [0.2, 0.25) is 0 Å². The summed E-state index contributed by atoms with van der Waals surface area (Å²) in [7, 11) is 0. The van der Waals surface area contributed by atoms with Gasteiger partial charge in [-0.2, -0.15) is 29.8 Å². The van der Waals surface area contributed by atoms with Crippen LogP contribution in [-0.2, 0) is 26.2 Å². The fourth-order valence-corrected chi connectivity index (χ4v) is 4.28. The molecule has 2 aliphatic carbocycles. The summed E-state index contributed by atoms with van der Waals surface area (Å²) in [5, 5.41) is 0. The zero-order valence-corrected chi connectivity index (χ0v) is 18.5. The molecular weight excluding hydrogens is 406 g/mol. The quantitative estimate of drug-likeness (QED) is 0.527. The fraction of sp³-hybridized carbons (Fsp3) is 0.280. The van der Waals surface area contributed by atoms with Crippen LogP contribution in [0.5, 0.6) is 0 Å². The van der Waals surface area contributed by atoms with Gasteiger partial charge in [-0.15, -0.1) is 11.1 Å². The van der Waals surface area contributed by atoms with Crippen molar-refractivity contribution >= 4 is 5.69 Å². The second-order valence-electron chi connectivity index (χ2n) is 7.27. The minimum atomic E-state index is 0. The fourth-order valence-electron chi connectivity index (χ4n) is 4.28. The maximum Gasteiger partial charge on any atom is 2.00 e. The molecule has 136 valence electrons. The van der Waals surface area contributed by atoms with E-state index in [0.29, 0.717) is 11.8 Å². The van der Waals surface area contributed by atoms with Gasteiger partial charge in [0.1, 0.15) is 0 Å². The van der Waals surface area contributed by atoms with Crippen LogP contribution in [0.1, 0.15) is 41.4 Å². The maximum absolute atomic E-state index is 2.58. The average molecular weight is 433 g/mol. The van der Waals surface area contributed by atoms with Gasteiger partial charge in [0, 0.05) is 13.1 Å². The van der Waals surface area contributed by atoms with E-state index in [1.165, 1.54) is 48.3 Å². The van der Waals surface area contributed by atoms with Gasteiger partial charge in [-0.05, 0) is 24.7 Å². The molecule has 3 aliphatic rings. The van der Waals surface area contributed by atoms with Crippen LogP contribution in [0.2, 0.25) is 0 Å². The van der Waals surface area contributed by atoms with E-state index in [4.69, 9.17) is 0 Å². The molecule has 1 heterocycles. The Morgan fingerprint density at radius 1 is 0.889 bits per heavy atom. The second kappa shape index (κ2) is 9.51. The van der Waals surface area contributed by atoms with Crippen molar-refractivity contribution in [2.45, 2.75) is 31.6 Å². The number of allylic oxidation sites excluding steroid dienone is 8. The third-order valence-corrected chi connectivity index (χ3v) is 5.58. The molecule has 0 radical (unpaired) electrons. The topological polar surface area (TPSA) is 3.24 Å². The molecular formula is C25H27NZr. The first-order valence-electron chi connectivity index (χ1n) is 9.76. The first-order valence-corrected chi connectivity index (χ1v) is 9.76. The van der Waals surface area contributed by atoms with Gasteiger partial charge < -0.3 is 4.90 Å². The van der Waals surface area contributed by atoms with E-state index in [0.717, 1.165) is 0 Å². The van der Waals surface area contributed by atoms with Crippen LogP contribution in [-0.4, -0.2) is 13.1 Å². The third kappa shape index (κ3) is 4.44. The molecule has 2 aromatic rings. The average Bonchev–Trinajstić information content (AvgIpc) is 3.48. The van der Waals surface area contributed by atoms with E-state index < -0.39 is 0 Å². The van der Waals surface area contributed by atoms with E-state index >= 15 is 0 Å². The van der Waals surface area contributed by atoms with Crippen molar-refractivity contribution in [2.75, 3.05) is 18.0 Å². The molecule has 0 amide bonds. The molecule has 1 fully saturated rings. The van der Waals surface area contributed by atoms with Gasteiger partial charge in [0.25, 0.3) is 0 Å². The van der Waals surface area contributed by atoms with Gasteiger partial charge in [-0.3, -0.25) is 0 Å². The molecule has 5 rings (SSSR count). The third-order valence-electron chi connectivity index (χ3n) is 5.58. The summed E-state index contributed by atoms with van der Waals surface area (Å²) in [6.45, 7) is 4.75. The molecule has 1 nitrogen and oxygen atoms in total. The standard InChI is InChI=1S/C20H22N.C5H5.Zr/c1-15-19(21-12-6-7-13-21)14-18(16-8-2-3-9-16)20(15)17-10-4-5-11-17;1-2-4-5-3-1;/h2-5,8-11,14,16-17H,6-7,12-13H2,1H3;1-5H;/q2*-1;+2. The maximum atomic E-state index is 2.58. The van der Waals surface area contributed by atoms with E-state index in [-0.39, 0.29) is 26.2 Å². The zero-order chi connectivity index (χ0) is 17.8. The smallest absolute Gasteiger partial charge is 0.394 e. The predicted molar refractivity (Wildman–Crippen MR) is 112 cm³/mol. The Balaban J connectivity index is 0.000000306. The van der Waals surface area contributed by atoms with E-state index in [1.807, 2.05) is 30.3 Å². The van der Waals surface area contributed by atoms with Gasteiger partial charge in [0.15, 0.2) is 0 Å². The zero-order valence-electron chi connectivity index (χ0n) is 16.0. The van der Waals surface area contributed by atoms with Crippen molar-refractivity contribution in [2.24, 2.45) is 0 Å². The van der Waals surface area contributed by atoms with Crippen molar-refractivity contribution in [3.8, 4) is 0 Å². The first-order chi connectivity index (χ1) is 12.8. The summed E-state index contributed by atoms with van der Waals surface area (Å²) in [6.07, 6.45) is 20.6. The Morgan fingerprint density at radius 3 is 1.96 bits per heavy atom. The van der Waals surface area contributed by atoms with Crippen molar-refractivity contribution in [1.29, 1.82) is 0 Å². The molecule has 0 spiro atoms. The monoisotopic (exact) mass is 431 g/mol. The molecule has 2 aromatic carbocycles. The SMILES string of the molecule is C[c-]1c(N2CCCC2)cc(C2C=CC=C2)c1C1C=CC=C1.[Zr+2].c1cc[cH-]c1. The van der Waals surface area contributed by atoms with Gasteiger partial charge >= 0.3 is 26.2 Å². The summed E-state index contributed by atoms with van der Waals surface area (Å²) in [6, 6.07) is 12.5. The molecule has 0 unspecified atom stereocenters. The van der Waals surface area contributed by atoms with Crippen LogP contribution < -0.4 is 4.90 Å². The number of nitrogens with zero attached hydrogens (tertiary/aromatic N) is 1. The number of rotatable bonds is 3. The molecule has 0 aromatic heterocycles. The number of hydrogen-bond donors (Lipinski definition) is 0. The van der Waals surface area contributed by atoms with Crippen LogP contribution in [0, 0.1) is 6.92 Å². The molecule has 2 heteroatoms. The largest absolute Gasteiger partial charge is 2.00 e. The summed E-state index contributed by atoms with van der Waals surface area (Å²) >= 11 is 0. The number of anilines is 1. The predicted octanol–water partition coefficient (Wildman–Crippen LogP) is 6.14. The molecule has 0 atom stereocenters. The molecule has 0 N–H and O–H groups in total. The van der Waals surface area contributed by atoms with E-state index in [1.54, 1.807) is 0 Å². The van der Waals surface area contributed by atoms with E-state index in [2.05, 4.69) is 66.5 Å². The normalized spacial score (nSPS) is 18.2. The summed E-state index contributed by atoms with van der Waals surface area (Å²) in [4.78, 5) is 2.58. The summed E-state index contributed by atoms with van der Waals surface area (Å²) in [5.74, 6) is 0.913. The van der Waals surface area contributed by atoms with Crippen molar-refractivity contribution in [3.05, 3.63) is 102 Å². The molecule has 0 bridgehead atoms. The Hall–Kier alpha value is -1.66. The Morgan fingerprint density at radius 2 is 1.44 bits per heavy atom. The molecule has 1 aliphatic heterocycles. The minimum absolute atomic E-state index is 0. The Labute approximate surface area is 182 Å². The van der Waals surface area contributed by atoms with Crippen molar-refractivity contribution in [3.63, 3.8) is 0 Å². The van der Waals surface area contributed by atoms with Crippen molar-refractivity contribution in [1.82, 2.24) is 0 Å². The van der Waals surface area contributed by atoms with Crippen LogP contribution in [0.4, 0.5) is 5.69 Å². The Bertz CT molecular complexity index is 785. The molecule has 0 saturated carbocycles. The molecule has 27 heavy (non-hydrogen) atoms. The van der Waals surface area contributed by atoms with E-state index in [9.17, 15) is 0 Å². The minimum Gasteiger partial charge on any atom is -0.394 e. The van der Waals surface area contributed by atoms with Gasteiger partial charge in [-0.25, -0.2) is 12.1 Å². The molecule has 1 saturated heterocycles. The van der Waals surface area contributed by atoms with Crippen LogP contribution >= 0.6 is 0 Å².